The van der Waals surface area contributed by atoms with Crippen LogP contribution in [0.25, 0.3) is 0 Å². The van der Waals surface area contributed by atoms with Gasteiger partial charge in [-0.2, -0.15) is 0 Å². The first-order chi connectivity index (χ1) is 9.97. The molecule has 0 saturated heterocycles. The Morgan fingerprint density at radius 1 is 1.10 bits per heavy atom. The van der Waals surface area contributed by atoms with E-state index in [0.29, 0.717) is 16.8 Å². The molecule has 0 aliphatic heterocycles. The zero-order valence-corrected chi connectivity index (χ0v) is 12.7. The predicted octanol–water partition coefficient (Wildman–Crippen LogP) is 2.03. The maximum Gasteiger partial charge on any atom is 0.253 e. The van der Waals surface area contributed by atoms with Crippen molar-refractivity contribution >= 4 is 17.5 Å². The van der Waals surface area contributed by atoms with Crippen molar-refractivity contribution in [2.24, 2.45) is 0 Å². The number of carbonyl (C=O) groups excluding carboxylic acids is 2. The zero-order valence-electron chi connectivity index (χ0n) is 12.7. The van der Waals surface area contributed by atoms with Crippen molar-refractivity contribution in [3.05, 3.63) is 29.3 Å². The fourth-order valence-corrected chi connectivity index (χ4v) is 2.68. The summed E-state index contributed by atoms with van der Waals surface area (Å²) in [5, 5.41) is 3.04. The van der Waals surface area contributed by atoms with Gasteiger partial charge in [0, 0.05) is 37.0 Å². The Labute approximate surface area is 125 Å². The van der Waals surface area contributed by atoms with E-state index >= 15 is 0 Å². The maximum atomic E-state index is 12.3. The fourth-order valence-electron chi connectivity index (χ4n) is 2.68. The number of nitrogens with two attached hydrogens (primary N) is 1. The summed E-state index contributed by atoms with van der Waals surface area (Å²) in [7, 11) is 3.35. The van der Waals surface area contributed by atoms with Gasteiger partial charge >= 0.3 is 0 Å². The van der Waals surface area contributed by atoms with Crippen molar-refractivity contribution in [2.45, 2.75) is 38.1 Å². The lowest BCUT2D eigenvalue weighted by molar-refractivity contribution is 0.0827. The molecule has 0 atom stereocenters. The van der Waals surface area contributed by atoms with Crippen molar-refractivity contribution in [1.29, 1.82) is 0 Å². The molecule has 1 aromatic carbocycles. The Balaban J connectivity index is 2.14. The molecule has 1 aliphatic rings. The second kappa shape index (κ2) is 6.61. The molecule has 0 bridgehead atoms. The Bertz CT molecular complexity index is 534. The van der Waals surface area contributed by atoms with E-state index < -0.39 is 0 Å². The first-order valence-electron chi connectivity index (χ1n) is 7.40. The summed E-state index contributed by atoms with van der Waals surface area (Å²) < 4.78 is 0. The van der Waals surface area contributed by atoms with Gasteiger partial charge in [0.05, 0.1) is 0 Å². The van der Waals surface area contributed by atoms with Crippen molar-refractivity contribution in [3.63, 3.8) is 0 Å². The summed E-state index contributed by atoms with van der Waals surface area (Å²) in [5.41, 5.74) is 7.13. The van der Waals surface area contributed by atoms with E-state index in [9.17, 15) is 9.59 Å². The predicted molar refractivity (Wildman–Crippen MR) is 83.2 cm³/mol. The van der Waals surface area contributed by atoms with E-state index in [4.69, 9.17) is 5.73 Å². The Hall–Kier alpha value is -2.04. The van der Waals surface area contributed by atoms with Crippen LogP contribution >= 0.6 is 0 Å². The molecule has 2 amide bonds. The van der Waals surface area contributed by atoms with Gasteiger partial charge in [0.1, 0.15) is 0 Å². The Kier molecular flexibility index (Phi) is 4.83. The number of benzene rings is 1. The highest BCUT2D eigenvalue weighted by Gasteiger charge is 2.18. The summed E-state index contributed by atoms with van der Waals surface area (Å²) in [6, 6.07) is 5.06. The van der Waals surface area contributed by atoms with E-state index in [1.807, 2.05) is 0 Å². The quantitative estimate of drug-likeness (QED) is 0.836. The summed E-state index contributed by atoms with van der Waals surface area (Å²) >= 11 is 0. The minimum absolute atomic E-state index is 0.151. The largest absolute Gasteiger partial charge is 0.399 e. The number of nitrogens with zero attached hydrogens (tertiary/aromatic N) is 1. The molecule has 114 valence electrons. The number of amides is 2. The number of carbonyl (C=O) groups is 2. The molecule has 1 fully saturated rings. The van der Waals surface area contributed by atoms with Crippen LogP contribution in [0.2, 0.25) is 0 Å². The van der Waals surface area contributed by atoms with Gasteiger partial charge in [-0.1, -0.05) is 19.3 Å². The molecular formula is C16H23N3O2. The lowest BCUT2D eigenvalue weighted by Gasteiger charge is -2.23. The lowest BCUT2D eigenvalue weighted by Crippen LogP contribution is -2.36. The second-order valence-corrected chi connectivity index (χ2v) is 5.85. The first-order valence-corrected chi connectivity index (χ1v) is 7.40. The van der Waals surface area contributed by atoms with Crippen LogP contribution in [0.4, 0.5) is 5.69 Å². The molecule has 0 spiro atoms. The van der Waals surface area contributed by atoms with Gasteiger partial charge in [-0.25, -0.2) is 0 Å². The molecule has 1 aliphatic carbocycles. The van der Waals surface area contributed by atoms with Crippen LogP contribution in [0.5, 0.6) is 0 Å². The van der Waals surface area contributed by atoms with E-state index in [2.05, 4.69) is 5.32 Å². The number of hydrogen-bond donors (Lipinski definition) is 2. The van der Waals surface area contributed by atoms with Crippen LogP contribution in [0.3, 0.4) is 0 Å². The highest BCUT2D eigenvalue weighted by molar-refractivity contribution is 6.00. The van der Waals surface area contributed by atoms with Crippen molar-refractivity contribution in [3.8, 4) is 0 Å². The molecule has 2 rings (SSSR count). The lowest BCUT2D eigenvalue weighted by atomic mass is 9.95. The normalized spacial score (nSPS) is 15.5. The van der Waals surface area contributed by atoms with E-state index in [1.165, 1.54) is 11.3 Å². The first kappa shape index (κ1) is 15.4. The van der Waals surface area contributed by atoms with Gasteiger partial charge in [-0.15, -0.1) is 0 Å². The Morgan fingerprint density at radius 3 is 2.33 bits per heavy atom. The smallest absolute Gasteiger partial charge is 0.253 e. The number of nitrogen functional groups attached to an aromatic ring is 1. The highest BCUT2D eigenvalue weighted by atomic mass is 16.2. The third-order valence-electron chi connectivity index (χ3n) is 3.81. The molecule has 3 N–H and O–H groups in total. The number of anilines is 1. The Morgan fingerprint density at radius 2 is 1.71 bits per heavy atom. The van der Waals surface area contributed by atoms with Crippen molar-refractivity contribution < 1.29 is 9.59 Å². The maximum absolute atomic E-state index is 12.3. The van der Waals surface area contributed by atoms with Crippen LogP contribution in [-0.4, -0.2) is 36.9 Å². The molecule has 1 saturated carbocycles. The summed E-state index contributed by atoms with van der Waals surface area (Å²) in [5.74, 6) is -0.309. The van der Waals surface area contributed by atoms with Crippen molar-refractivity contribution in [2.75, 3.05) is 19.8 Å². The minimum Gasteiger partial charge on any atom is -0.399 e. The van der Waals surface area contributed by atoms with Gasteiger partial charge in [0.15, 0.2) is 0 Å². The van der Waals surface area contributed by atoms with Crippen LogP contribution in [-0.2, 0) is 0 Å². The molecule has 1 aromatic rings. The van der Waals surface area contributed by atoms with E-state index in [0.717, 1.165) is 25.7 Å². The topological polar surface area (TPSA) is 75.4 Å². The monoisotopic (exact) mass is 289 g/mol. The van der Waals surface area contributed by atoms with E-state index in [-0.39, 0.29) is 17.9 Å². The van der Waals surface area contributed by atoms with Gasteiger partial charge < -0.3 is 16.0 Å². The fraction of sp³-hybridized carbons (Fsp3) is 0.500. The summed E-state index contributed by atoms with van der Waals surface area (Å²) in [6.07, 6.45) is 5.61. The third kappa shape index (κ3) is 3.97. The SMILES string of the molecule is CN(C)C(=O)c1cc(N)cc(C(=O)NC2CCCCC2)c1. The van der Waals surface area contributed by atoms with Crippen LogP contribution in [0, 0.1) is 0 Å². The molecule has 5 heteroatoms. The van der Waals surface area contributed by atoms with Gasteiger partial charge in [0.2, 0.25) is 0 Å². The van der Waals surface area contributed by atoms with Gasteiger partial charge in [0.25, 0.3) is 11.8 Å². The second-order valence-electron chi connectivity index (χ2n) is 5.85. The highest BCUT2D eigenvalue weighted by Crippen LogP contribution is 2.19. The zero-order chi connectivity index (χ0) is 15.4. The van der Waals surface area contributed by atoms with Crippen molar-refractivity contribution in [1.82, 2.24) is 10.2 Å². The van der Waals surface area contributed by atoms with E-state index in [1.54, 1.807) is 32.3 Å². The molecule has 5 nitrogen and oxygen atoms in total. The van der Waals surface area contributed by atoms with Crippen LogP contribution < -0.4 is 11.1 Å². The molecule has 0 heterocycles. The number of rotatable bonds is 3. The van der Waals surface area contributed by atoms with Crippen LogP contribution in [0.1, 0.15) is 52.8 Å². The number of hydrogen-bond acceptors (Lipinski definition) is 3. The minimum atomic E-state index is -0.158. The molecule has 0 unspecified atom stereocenters. The summed E-state index contributed by atoms with van der Waals surface area (Å²) in [6.45, 7) is 0. The molecular weight excluding hydrogens is 266 g/mol. The third-order valence-corrected chi connectivity index (χ3v) is 3.81. The number of nitrogens with one attached hydrogen (secondary N) is 1. The van der Waals surface area contributed by atoms with Gasteiger partial charge in [-0.3, -0.25) is 9.59 Å². The molecule has 0 aromatic heterocycles. The summed E-state index contributed by atoms with van der Waals surface area (Å²) in [4.78, 5) is 25.8. The standard InChI is InChI=1S/C16H23N3O2/c1-19(2)16(21)12-8-11(9-13(17)10-12)15(20)18-14-6-4-3-5-7-14/h8-10,14H,3-7,17H2,1-2H3,(H,18,20). The molecule has 0 radical (unpaired) electrons. The van der Waals surface area contributed by atoms with Crippen LogP contribution in [0.15, 0.2) is 18.2 Å². The average molecular weight is 289 g/mol. The molecule has 21 heavy (non-hydrogen) atoms. The average Bonchev–Trinajstić information content (AvgIpc) is 2.46. The van der Waals surface area contributed by atoms with Gasteiger partial charge in [-0.05, 0) is 31.0 Å².